The van der Waals surface area contributed by atoms with Gasteiger partial charge in [-0.3, -0.25) is 4.99 Å². The van der Waals surface area contributed by atoms with Crippen LogP contribution in [0.1, 0.15) is 20.8 Å². The molecule has 0 aliphatic rings. The first-order valence-corrected chi connectivity index (χ1v) is 8.07. The molecule has 0 spiro atoms. The SMILES string of the molecule is CN=C(NCCSC)NCCN(C)C(=O)OC(C)(C)C.I. The smallest absolute Gasteiger partial charge is 0.410 e. The van der Waals surface area contributed by atoms with Crippen molar-refractivity contribution in [2.24, 2.45) is 4.99 Å². The van der Waals surface area contributed by atoms with Crippen LogP contribution in [0.25, 0.3) is 0 Å². The molecule has 0 radical (unpaired) electrons. The van der Waals surface area contributed by atoms with Gasteiger partial charge in [0.2, 0.25) is 0 Å². The highest BCUT2D eigenvalue weighted by atomic mass is 127. The Morgan fingerprint density at radius 3 is 2.33 bits per heavy atom. The molecule has 0 atom stereocenters. The van der Waals surface area contributed by atoms with E-state index in [0.29, 0.717) is 13.1 Å². The molecular formula is C13H29IN4O2S. The third kappa shape index (κ3) is 13.0. The van der Waals surface area contributed by atoms with Gasteiger partial charge in [-0.1, -0.05) is 0 Å². The molecule has 0 aromatic rings. The fourth-order valence-electron chi connectivity index (χ4n) is 1.27. The second kappa shape index (κ2) is 12.2. The molecule has 0 saturated heterocycles. The molecule has 0 rings (SSSR count). The first kappa shape index (κ1) is 22.9. The van der Waals surface area contributed by atoms with E-state index >= 15 is 0 Å². The minimum Gasteiger partial charge on any atom is -0.444 e. The first-order chi connectivity index (χ1) is 9.30. The standard InChI is InChI=1S/C13H28N4O2S.HI/c1-13(2,3)19-12(18)17(5)9-7-15-11(14-4)16-8-10-20-6;/h7-10H2,1-6H3,(H2,14,15,16);1H. The molecule has 126 valence electrons. The van der Waals surface area contributed by atoms with Crippen LogP contribution < -0.4 is 10.6 Å². The van der Waals surface area contributed by atoms with Gasteiger partial charge in [-0.2, -0.15) is 11.8 Å². The summed E-state index contributed by atoms with van der Waals surface area (Å²) >= 11 is 1.78. The number of hydrogen-bond donors (Lipinski definition) is 2. The predicted molar refractivity (Wildman–Crippen MR) is 102 cm³/mol. The molecule has 21 heavy (non-hydrogen) atoms. The minimum atomic E-state index is -0.464. The normalized spacial score (nSPS) is 11.4. The second-order valence-corrected chi connectivity index (χ2v) is 6.31. The number of carbonyl (C=O) groups excluding carboxylic acids is 1. The van der Waals surface area contributed by atoms with E-state index < -0.39 is 5.60 Å². The molecule has 1 amide bonds. The number of nitrogens with zero attached hydrogens (tertiary/aromatic N) is 2. The van der Waals surface area contributed by atoms with Crippen LogP contribution in [0.3, 0.4) is 0 Å². The lowest BCUT2D eigenvalue weighted by molar-refractivity contribution is 0.0302. The largest absolute Gasteiger partial charge is 0.444 e. The van der Waals surface area contributed by atoms with Crippen molar-refractivity contribution in [3.05, 3.63) is 0 Å². The highest BCUT2D eigenvalue weighted by Crippen LogP contribution is 2.08. The molecule has 0 bridgehead atoms. The van der Waals surface area contributed by atoms with E-state index in [1.54, 1.807) is 30.8 Å². The zero-order valence-electron chi connectivity index (χ0n) is 13.9. The van der Waals surface area contributed by atoms with Gasteiger partial charge >= 0.3 is 6.09 Å². The van der Waals surface area contributed by atoms with Crippen molar-refractivity contribution in [3.63, 3.8) is 0 Å². The first-order valence-electron chi connectivity index (χ1n) is 6.67. The van der Waals surface area contributed by atoms with E-state index in [1.165, 1.54) is 0 Å². The summed E-state index contributed by atoms with van der Waals surface area (Å²) in [6.45, 7) is 7.60. The summed E-state index contributed by atoms with van der Waals surface area (Å²) in [5, 5.41) is 6.35. The highest BCUT2D eigenvalue weighted by Gasteiger charge is 2.19. The molecule has 0 aliphatic carbocycles. The number of rotatable bonds is 6. The minimum absolute atomic E-state index is 0. The summed E-state index contributed by atoms with van der Waals surface area (Å²) in [4.78, 5) is 17.4. The average molecular weight is 432 g/mol. The Bertz CT molecular complexity index is 322. The van der Waals surface area contributed by atoms with Gasteiger partial charge in [0.1, 0.15) is 5.60 Å². The monoisotopic (exact) mass is 432 g/mol. The molecule has 0 aromatic carbocycles. The van der Waals surface area contributed by atoms with Crippen molar-refractivity contribution >= 4 is 47.8 Å². The van der Waals surface area contributed by atoms with Crippen LogP contribution in [0.2, 0.25) is 0 Å². The Morgan fingerprint density at radius 1 is 1.29 bits per heavy atom. The summed E-state index contributed by atoms with van der Waals surface area (Å²) in [6, 6.07) is 0. The van der Waals surface area contributed by atoms with Crippen molar-refractivity contribution in [1.82, 2.24) is 15.5 Å². The fourth-order valence-corrected chi connectivity index (χ4v) is 1.57. The van der Waals surface area contributed by atoms with Crippen LogP contribution in [-0.4, -0.2) is 68.3 Å². The van der Waals surface area contributed by atoms with Crippen molar-refractivity contribution in [2.75, 3.05) is 45.7 Å². The summed E-state index contributed by atoms with van der Waals surface area (Å²) in [7, 11) is 3.45. The Morgan fingerprint density at radius 2 is 1.86 bits per heavy atom. The fraction of sp³-hybridized carbons (Fsp3) is 0.846. The zero-order valence-corrected chi connectivity index (χ0v) is 17.0. The van der Waals surface area contributed by atoms with Crippen LogP contribution in [0, 0.1) is 0 Å². The number of amides is 1. The third-order valence-electron chi connectivity index (χ3n) is 2.27. The van der Waals surface area contributed by atoms with Gasteiger partial charge < -0.3 is 20.3 Å². The van der Waals surface area contributed by atoms with Crippen molar-refractivity contribution in [1.29, 1.82) is 0 Å². The Hall–Kier alpha value is -0.380. The molecule has 0 aromatic heterocycles. The van der Waals surface area contributed by atoms with Crippen LogP contribution in [0.4, 0.5) is 4.79 Å². The summed E-state index contributed by atoms with van der Waals surface area (Å²) < 4.78 is 5.27. The summed E-state index contributed by atoms with van der Waals surface area (Å²) in [5.74, 6) is 1.77. The van der Waals surface area contributed by atoms with Crippen LogP contribution in [-0.2, 0) is 4.74 Å². The van der Waals surface area contributed by atoms with E-state index in [9.17, 15) is 4.79 Å². The lowest BCUT2D eigenvalue weighted by Crippen LogP contribution is -2.43. The van der Waals surface area contributed by atoms with Gasteiger partial charge in [-0.25, -0.2) is 4.79 Å². The summed E-state index contributed by atoms with van der Waals surface area (Å²) in [6.07, 6.45) is 1.75. The number of likely N-dealkylation sites (N-methyl/N-ethyl adjacent to an activating group) is 1. The molecule has 0 aliphatic heterocycles. The number of ether oxygens (including phenoxy) is 1. The zero-order chi connectivity index (χ0) is 15.6. The van der Waals surface area contributed by atoms with Crippen molar-refractivity contribution < 1.29 is 9.53 Å². The Balaban J connectivity index is 0. The van der Waals surface area contributed by atoms with E-state index in [1.807, 2.05) is 20.8 Å². The number of guanidine groups is 1. The molecular weight excluding hydrogens is 403 g/mol. The van der Waals surface area contributed by atoms with E-state index in [4.69, 9.17) is 4.74 Å². The van der Waals surface area contributed by atoms with Crippen LogP contribution in [0.15, 0.2) is 4.99 Å². The van der Waals surface area contributed by atoms with Gasteiger partial charge in [0.15, 0.2) is 5.96 Å². The maximum Gasteiger partial charge on any atom is 0.410 e. The van der Waals surface area contributed by atoms with Gasteiger partial charge in [0.25, 0.3) is 0 Å². The van der Waals surface area contributed by atoms with E-state index in [-0.39, 0.29) is 30.1 Å². The number of nitrogens with one attached hydrogen (secondary N) is 2. The van der Waals surface area contributed by atoms with Gasteiger partial charge in [-0.15, -0.1) is 24.0 Å². The molecule has 6 nitrogen and oxygen atoms in total. The maximum absolute atomic E-state index is 11.7. The number of aliphatic imine (C=N–C) groups is 1. The molecule has 0 saturated carbocycles. The van der Waals surface area contributed by atoms with E-state index in [0.717, 1.165) is 18.3 Å². The van der Waals surface area contributed by atoms with E-state index in [2.05, 4.69) is 21.9 Å². The lowest BCUT2D eigenvalue weighted by atomic mass is 10.2. The van der Waals surface area contributed by atoms with Crippen molar-refractivity contribution in [3.8, 4) is 0 Å². The second-order valence-electron chi connectivity index (χ2n) is 5.32. The number of thioether (sulfide) groups is 1. The quantitative estimate of drug-likeness (QED) is 0.291. The number of halogens is 1. The predicted octanol–water partition coefficient (Wildman–Crippen LogP) is 2.00. The molecule has 8 heteroatoms. The molecule has 0 fully saturated rings. The van der Waals surface area contributed by atoms with Gasteiger partial charge in [-0.05, 0) is 27.0 Å². The molecule has 2 N–H and O–H groups in total. The number of hydrogen-bond acceptors (Lipinski definition) is 4. The van der Waals surface area contributed by atoms with Crippen LogP contribution in [0.5, 0.6) is 0 Å². The third-order valence-corrected chi connectivity index (χ3v) is 2.88. The Labute approximate surface area is 149 Å². The van der Waals surface area contributed by atoms with Gasteiger partial charge in [0, 0.05) is 39.5 Å². The topological polar surface area (TPSA) is 66.0 Å². The maximum atomic E-state index is 11.7. The summed E-state index contributed by atoms with van der Waals surface area (Å²) in [5.41, 5.74) is -0.464. The lowest BCUT2D eigenvalue weighted by Gasteiger charge is -2.24. The van der Waals surface area contributed by atoms with Gasteiger partial charge in [0.05, 0.1) is 0 Å². The molecule has 0 heterocycles. The van der Waals surface area contributed by atoms with Crippen LogP contribution >= 0.6 is 35.7 Å². The highest BCUT2D eigenvalue weighted by molar-refractivity contribution is 14.0. The Kier molecular flexibility index (Phi) is 13.3. The molecule has 0 unspecified atom stereocenters. The van der Waals surface area contributed by atoms with Crippen molar-refractivity contribution in [2.45, 2.75) is 26.4 Å². The number of carbonyl (C=O) groups is 1. The average Bonchev–Trinajstić information content (AvgIpc) is 2.34.